The van der Waals surface area contributed by atoms with E-state index in [-0.39, 0.29) is 0 Å². The highest BCUT2D eigenvalue weighted by atomic mass is 32.1. The van der Waals surface area contributed by atoms with Crippen molar-refractivity contribution in [2.75, 3.05) is 0 Å². The lowest BCUT2D eigenvalue weighted by Crippen LogP contribution is -1.83. The first-order chi connectivity index (χ1) is 9.26. The summed E-state index contributed by atoms with van der Waals surface area (Å²) >= 11 is 1.60. The number of aromatic amines is 1. The quantitative estimate of drug-likeness (QED) is 0.712. The van der Waals surface area contributed by atoms with Crippen molar-refractivity contribution in [2.24, 2.45) is 0 Å². The third kappa shape index (κ3) is 2.28. The molecule has 3 rings (SSSR count). The fourth-order valence-corrected chi connectivity index (χ4v) is 2.58. The normalized spacial score (nSPS) is 11.7. The Morgan fingerprint density at radius 3 is 3.05 bits per heavy atom. The van der Waals surface area contributed by atoms with Crippen LogP contribution in [0.4, 0.5) is 0 Å². The van der Waals surface area contributed by atoms with Gasteiger partial charge in [0.25, 0.3) is 0 Å². The number of thiophene rings is 1. The van der Waals surface area contributed by atoms with Crippen LogP contribution < -0.4 is 0 Å². The molecule has 0 saturated carbocycles. The largest absolute Gasteiger partial charge is 0.337 e. The lowest BCUT2D eigenvalue weighted by Gasteiger charge is -1.91. The van der Waals surface area contributed by atoms with E-state index in [2.05, 4.69) is 16.0 Å². The van der Waals surface area contributed by atoms with Crippen LogP contribution in [-0.2, 0) is 0 Å². The fraction of sp³-hybridized carbons (Fsp3) is 0.0667. The number of benzene rings is 1. The highest BCUT2D eigenvalue weighted by Gasteiger charge is 2.08. The average Bonchev–Trinajstić information content (AvgIpc) is 3.03. The Kier molecular flexibility index (Phi) is 2.90. The lowest BCUT2D eigenvalue weighted by molar-refractivity contribution is 1.27. The van der Waals surface area contributed by atoms with Gasteiger partial charge in [0.05, 0.1) is 16.6 Å². The Morgan fingerprint density at radius 1 is 1.42 bits per heavy atom. The molecule has 4 heteroatoms. The molecule has 92 valence electrons. The Morgan fingerprint density at radius 2 is 2.32 bits per heavy atom. The van der Waals surface area contributed by atoms with E-state index in [9.17, 15) is 5.26 Å². The van der Waals surface area contributed by atoms with Crippen LogP contribution in [0.25, 0.3) is 22.7 Å². The number of aromatic nitrogens is 2. The van der Waals surface area contributed by atoms with E-state index in [0.717, 1.165) is 15.9 Å². The number of imidazole rings is 1. The van der Waals surface area contributed by atoms with E-state index >= 15 is 0 Å². The molecule has 0 spiro atoms. The molecular weight excluding hydrogens is 254 g/mol. The minimum atomic E-state index is 0.552. The molecular formula is C15H11N3S. The molecule has 0 aliphatic heterocycles. The molecule has 0 aliphatic rings. The van der Waals surface area contributed by atoms with Gasteiger partial charge < -0.3 is 4.98 Å². The van der Waals surface area contributed by atoms with Crippen LogP contribution in [0.2, 0.25) is 0 Å². The second-order valence-corrected chi connectivity index (χ2v) is 5.27. The van der Waals surface area contributed by atoms with E-state index < -0.39 is 0 Å². The van der Waals surface area contributed by atoms with Gasteiger partial charge in [-0.3, -0.25) is 0 Å². The van der Waals surface area contributed by atoms with Crippen molar-refractivity contribution in [1.29, 1.82) is 5.26 Å². The van der Waals surface area contributed by atoms with Gasteiger partial charge in [0, 0.05) is 4.88 Å². The summed E-state index contributed by atoms with van der Waals surface area (Å²) in [6.45, 7) is 2.03. The maximum atomic E-state index is 9.28. The van der Waals surface area contributed by atoms with Crippen molar-refractivity contribution in [3.8, 4) is 6.07 Å². The number of H-pyrrole nitrogens is 1. The monoisotopic (exact) mass is 265 g/mol. The summed E-state index contributed by atoms with van der Waals surface area (Å²) in [6, 6.07) is 12.2. The summed E-state index contributed by atoms with van der Waals surface area (Å²) in [5, 5.41) is 11.3. The molecule has 0 radical (unpaired) electrons. The molecule has 19 heavy (non-hydrogen) atoms. The smallest absolute Gasteiger partial charge is 0.149 e. The van der Waals surface area contributed by atoms with Crippen molar-refractivity contribution in [2.45, 2.75) is 6.92 Å². The molecule has 0 saturated heterocycles. The van der Waals surface area contributed by atoms with Crippen LogP contribution in [0.5, 0.6) is 0 Å². The first-order valence-electron chi connectivity index (χ1n) is 5.88. The molecule has 0 fully saturated rings. The third-order valence-electron chi connectivity index (χ3n) is 2.84. The number of rotatable bonds is 2. The summed E-state index contributed by atoms with van der Waals surface area (Å²) in [6.07, 6.45) is 1.86. The van der Waals surface area contributed by atoms with Crippen molar-refractivity contribution in [3.05, 3.63) is 52.0 Å². The van der Waals surface area contributed by atoms with Crippen molar-refractivity contribution < 1.29 is 0 Å². The number of aryl methyl sites for hydroxylation is 1. The summed E-state index contributed by atoms with van der Waals surface area (Å²) in [5.41, 5.74) is 3.56. The number of nitrogens with one attached hydrogen (secondary N) is 1. The van der Waals surface area contributed by atoms with E-state index in [0.29, 0.717) is 11.4 Å². The lowest BCUT2D eigenvalue weighted by atomic mass is 10.2. The molecule has 3 nitrogen and oxygen atoms in total. The van der Waals surface area contributed by atoms with Crippen LogP contribution >= 0.6 is 11.3 Å². The zero-order valence-corrected chi connectivity index (χ0v) is 11.2. The Hall–Kier alpha value is -2.38. The van der Waals surface area contributed by atoms with E-state index in [1.165, 1.54) is 5.56 Å². The van der Waals surface area contributed by atoms with E-state index in [1.54, 1.807) is 11.3 Å². The van der Waals surface area contributed by atoms with Gasteiger partial charge in [0.2, 0.25) is 0 Å². The summed E-state index contributed by atoms with van der Waals surface area (Å²) in [7, 11) is 0. The summed E-state index contributed by atoms with van der Waals surface area (Å²) in [4.78, 5) is 8.72. The molecule has 2 aromatic heterocycles. The van der Waals surface area contributed by atoms with Gasteiger partial charge in [-0.15, -0.1) is 11.3 Å². The van der Waals surface area contributed by atoms with Crippen LogP contribution in [-0.4, -0.2) is 9.97 Å². The minimum Gasteiger partial charge on any atom is -0.337 e. The third-order valence-corrected chi connectivity index (χ3v) is 3.66. The standard InChI is InChI=1S/C15H11N3S/c1-10-4-5-13-14(7-10)18-15(17-13)11(9-16)8-12-3-2-6-19-12/h2-8H,1H3,(H,17,18)/b11-8-. The second kappa shape index (κ2) is 4.71. The molecule has 1 aromatic carbocycles. The molecule has 0 bridgehead atoms. The SMILES string of the molecule is Cc1ccc2nc(/C(C#N)=C\c3cccs3)[nH]c2c1. The molecule has 1 N–H and O–H groups in total. The molecule has 3 aromatic rings. The van der Waals surface area contributed by atoms with Gasteiger partial charge >= 0.3 is 0 Å². The van der Waals surface area contributed by atoms with Crippen LogP contribution in [0.1, 0.15) is 16.3 Å². The maximum absolute atomic E-state index is 9.28. The van der Waals surface area contributed by atoms with Crippen LogP contribution in [0, 0.1) is 18.3 Å². The van der Waals surface area contributed by atoms with E-state index in [4.69, 9.17) is 0 Å². The van der Waals surface area contributed by atoms with Gasteiger partial charge in [0.1, 0.15) is 11.9 Å². The fourth-order valence-electron chi connectivity index (χ4n) is 1.92. The van der Waals surface area contributed by atoms with Crippen molar-refractivity contribution >= 4 is 34.0 Å². The number of nitrogens with zero attached hydrogens (tertiary/aromatic N) is 2. The Labute approximate surface area is 114 Å². The molecule has 0 atom stereocenters. The minimum absolute atomic E-state index is 0.552. The number of hydrogen-bond donors (Lipinski definition) is 1. The first-order valence-corrected chi connectivity index (χ1v) is 6.76. The molecule has 0 unspecified atom stereocenters. The highest BCUT2D eigenvalue weighted by molar-refractivity contribution is 7.10. The summed E-state index contributed by atoms with van der Waals surface area (Å²) in [5.74, 6) is 0.622. The van der Waals surface area contributed by atoms with Gasteiger partial charge in [-0.1, -0.05) is 12.1 Å². The number of allylic oxidation sites excluding steroid dienone is 1. The van der Waals surface area contributed by atoms with Crippen molar-refractivity contribution in [1.82, 2.24) is 9.97 Å². The first kappa shape index (κ1) is 11.7. The number of hydrogen-bond acceptors (Lipinski definition) is 3. The van der Waals surface area contributed by atoms with E-state index in [1.807, 2.05) is 48.7 Å². The number of fused-ring (bicyclic) bond motifs is 1. The van der Waals surface area contributed by atoms with Crippen LogP contribution in [0.3, 0.4) is 0 Å². The van der Waals surface area contributed by atoms with Crippen molar-refractivity contribution in [3.63, 3.8) is 0 Å². The van der Waals surface area contributed by atoms with Gasteiger partial charge in [-0.2, -0.15) is 5.26 Å². The van der Waals surface area contributed by atoms with Crippen LogP contribution in [0.15, 0.2) is 35.7 Å². The average molecular weight is 265 g/mol. The zero-order valence-electron chi connectivity index (χ0n) is 10.3. The molecule has 2 heterocycles. The number of nitriles is 1. The Bertz CT molecular complexity index is 789. The second-order valence-electron chi connectivity index (χ2n) is 4.29. The van der Waals surface area contributed by atoms with Gasteiger partial charge in [0.15, 0.2) is 0 Å². The Balaban J connectivity index is 2.10. The molecule has 0 amide bonds. The van der Waals surface area contributed by atoms with Gasteiger partial charge in [-0.25, -0.2) is 4.98 Å². The summed E-state index contributed by atoms with van der Waals surface area (Å²) < 4.78 is 0. The van der Waals surface area contributed by atoms with Gasteiger partial charge in [-0.05, 0) is 42.1 Å². The molecule has 0 aliphatic carbocycles. The topological polar surface area (TPSA) is 52.5 Å². The zero-order chi connectivity index (χ0) is 13.2. The predicted molar refractivity (Wildman–Crippen MR) is 78.6 cm³/mol. The predicted octanol–water partition coefficient (Wildman–Crippen LogP) is 4.00. The highest BCUT2D eigenvalue weighted by Crippen LogP contribution is 2.21. The maximum Gasteiger partial charge on any atom is 0.149 e.